The van der Waals surface area contributed by atoms with Gasteiger partial charge in [0.15, 0.2) is 11.8 Å². The van der Waals surface area contributed by atoms with Gasteiger partial charge in [-0.05, 0) is 30.7 Å². The second kappa shape index (κ2) is 7.75. The molecule has 148 valence electrons. The van der Waals surface area contributed by atoms with E-state index in [9.17, 15) is 9.59 Å². The Morgan fingerprint density at radius 3 is 1.62 bits per heavy atom. The molecule has 0 amide bonds. The molecule has 2 aromatic heterocycles. The Morgan fingerprint density at radius 2 is 1.21 bits per heavy atom. The zero-order valence-electron chi connectivity index (χ0n) is 15.9. The largest absolute Gasteiger partial charge is 0.494 e. The number of ether oxygens (including phenoxy) is 2. The Bertz CT molecular complexity index is 1210. The van der Waals surface area contributed by atoms with Crippen molar-refractivity contribution >= 4 is 21.8 Å². The third-order valence-electron chi connectivity index (χ3n) is 4.55. The lowest BCUT2D eigenvalue weighted by Gasteiger charge is -2.06. The molecule has 0 unspecified atom stereocenters. The molecule has 8 nitrogen and oxygen atoms in total. The van der Waals surface area contributed by atoms with Gasteiger partial charge >= 0.3 is 11.3 Å². The SMILES string of the molecule is COc1cccc2c(=O)oc(CCCc3nc4c(OC)cccc4c(=O)o3)nc12. The van der Waals surface area contributed by atoms with Gasteiger partial charge in [0.1, 0.15) is 22.5 Å². The van der Waals surface area contributed by atoms with Crippen LogP contribution in [0.15, 0.2) is 54.8 Å². The molecule has 2 aromatic carbocycles. The number of nitrogens with zero attached hydrogens (tertiary/aromatic N) is 2. The summed E-state index contributed by atoms with van der Waals surface area (Å²) in [6, 6.07) is 10.2. The summed E-state index contributed by atoms with van der Waals surface area (Å²) in [6.45, 7) is 0. The van der Waals surface area contributed by atoms with Crippen LogP contribution < -0.4 is 20.7 Å². The smallest absolute Gasteiger partial charge is 0.346 e. The van der Waals surface area contributed by atoms with Crippen molar-refractivity contribution in [3.63, 3.8) is 0 Å². The van der Waals surface area contributed by atoms with Gasteiger partial charge in [0.25, 0.3) is 0 Å². The number of hydrogen-bond donors (Lipinski definition) is 0. The standard InChI is InChI=1S/C21H18N2O6/c1-26-14-8-3-6-12-18(14)22-16(28-20(12)24)10-5-11-17-23-19-13(21(25)29-17)7-4-9-15(19)27-2/h3-4,6-9H,5,10-11H2,1-2H3. The van der Waals surface area contributed by atoms with Crippen molar-refractivity contribution in [3.8, 4) is 11.5 Å². The van der Waals surface area contributed by atoms with Gasteiger partial charge in [0.2, 0.25) is 0 Å². The Balaban J connectivity index is 1.58. The van der Waals surface area contributed by atoms with Crippen LogP contribution in [-0.2, 0) is 12.8 Å². The molecule has 0 spiro atoms. The zero-order chi connectivity index (χ0) is 20.4. The highest BCUT2D eigenvalue weighted by atomic mass is 16.5. The molecule has 0 saturated carbocycles. The molecular weight excluding hydrogens is 376 g/mol. The van der Waals surface area contributed by atoms with Gasteiger partial charge in [0.05, 0.1) is 25.0 Å². The number of hydrogen-bond acceptors (Lipinski definition) is 8. The topological polar surface area (TPSA) is 105 Å². The first kappa shape index (κ1) is 18.7. The van der Waals surface area contributed by atoms with Crippen molar-refractivity contribution < 1.29 is 18.3 Å². The zero-order valence-corrected chi connectivity index (χ0v) is 15.9. The van der Waals surface area contributed by atoms with Crippen LogP contribution >= 0.6 is 0 Å². The van der Waals surface area contributed by atoms with E-state index in [0.717, 1.165) is 0 Å². The van der Waals surface area contributed by atoms with E-state index >= 15 is 0 Å². The second-order valence-corrected chi connectivity index (χ2v) is 6.36. The summed E-state index contributed by atoms with van der Waals surface area (Å²) in [6.07, 6.45) is 1.27. The van der Waals surface area contributed by atoms with Gasteiger partial charge in [-0.3, -0.25) is 0 Å². The van der Waals surface area contributed by atoms with E-state index in [1.54, 1.807) is 36.4 Å². The summed E-state index contributed by atoms with van der Waals surface area (Å²) in [5.74, 6) is 1.58. The maximum absolute atomic E-state index is 12.2. The molecule has 0 aliphatic heterocycles. The molecule has 29 heavy (non-hydrogen) atoms. The van der Waals surface area contributed by atoms with Crippen molar-refractivity contribution in [2.24, 2.45) is 0 Å². The van der Waals surface area contributed by atoms with Crippen molar-refractivity contribution in [2.75, 3.05) is 14.2 Å². The number of rotatable bonds is 6. The molecule has 0 saturated heterocycles. The second-order valence-electron chi connectivity index (χ2n) is 6.36. The predicted molar refractivity (Wildman–Crippen MR) is 106 cm³/mol. The normalized spacial score (nSPS) is 11.1. The molecule has 0 N–H and O–H groups in total. The van der Waals surface area contributed by atoms with Crippen LogP contribution in [0.25, 0.3) is 21.8 Å². The van der Waals surface area contributed by atoms with E-state index in [2.05, 4.69) is 9.97 Å². The first-order valence-corrected chi connectivity index (χ1v) is 9.04. The molecule has 0 aliphatic rings. The van der Waals surface area contributed by atoms with Gasteiger partial charge in [-0.2, -0.15) is 0 Å². The Kier molecular flexibility index (Phi) is 4.99. The lowest BCUT2D eigenvalue weighted by molar-refractivity contribution is 0.404. The van der Waals surface area contributed by atoms with Crippen LogP contribution in [-0.4, -0.2) is 24.2 Å². The van der Waals surface area contributed by atoms with Crippen molar-refractivity contribution in [1.82, 2.24) is 9.97 Å². The summed E-state index contributed by atoms with van der Waals surface area (Å²) in [5.41, 5.74) is -0.0179. The highest BCUT2D eigenvalue weighted by Gasteiger charge is 2.13. The average molecular weight is 394 g/mol. The van der Waals surface area contributed by atoms with Crippen LogP contribution in [0.3, 0.4) is 0 Å². The van der Waals surface area contributed by atoms with Crippen LogP contribution in [0.2, 0.25) is 0 Å². The maximum Gasteiger partial charge on any atom is 0.346 e. The van der Waals surface area contributed by atoms with Gasteiger partial charge in [-0.25, -0.2) is 19.6 Å². The summed E-state index contributed by atoms with van der Waals surface area (Å²) in [7, 11) is 3.04. The van der Waals surface area contributed by atoms with Gasteiger partial charge in [0, 0.05) is 12.8 Å². The van der Waals surface area contributed by atoms with Crippen LogP contribution in [0.1, 0.15) is 18.2 Å². The summed E-state index contributed by atoms with van der Waals surface area (Å²) < 4.78 is 21.2. The highest BCUT2D eigenvalue weighted by molar-refractivity contribution is 5.83. The lowest BCUT2D eigenvalue weighted by atomic mass is 10.2. The predicted octanol–water partition coefficient (Wildman–Crippen LogP) is 2.88. The minimum Gasteiger partial charge on any atom is -0.494 e. The van der Waals surface area contributed by atoms with Crippen LogP contribution in [0, 0.1) is 0 Å². The monoisotopic (exact) mass is 394 g/mol. The number of aromatic nitrogens is 2. The number of benzene rings is 2. The van der Waals surface area contributed by atoms with E-state index in [1.807, 2.05) is 0 Å². The number of methoxy groups -OCH3 is 2. The Labute approximate surface area is 164 Å². The van der Waals surface area contributed by atoms with E-state index in [-0.39, 0.29) is 11.8 Å². The van der Waals surface area contributed by atoms with Crippen LogP contribution in [0.5, 0.6) is 11.5 Å². The fourth-order valence-electron chi connectivity index (χ4n) is 3.16. The molecular formula is C21H18N2O6. The summed E-state index contributed by atoms with van der Waals surface area (Å²) in [4.78, 5) is 33.2. The molecule has 0 bridgehead atoms. The van der Waals surface area contributed by atoms with E-state index in [0.29, 0.717) is 52.6 Å². The fraction of sp³-hybridized carbons (Fsp3) is 0.238. The van der Waals surface area contributed by atoms with Crippen molar-refractivity contribution in [2.45, 2.75) is 19.3 Å². The Morgan fingerprint density at radius 1 is 0.759 bits per heavy atom. The van der Waals surface area contributed by atoms with Crippen LogP contribution in [0.4, 0.5) is 0 Å². The number of aryl methyl sites for hydroxylation is 2. The fourth-order valence-corrected chi connectivity index (χ4v) is 3.16. The average Bonchev–Trinajstić information content (AvgIpc) is 2.73. The third-order valence-corrected chi connectivity index (χ3v) is 4.55. The molecule has 0 atom stereocenters. The number of fused-ring (bicyclic) bond motifs is 2. The molecule has 2 heterocycles. The molecule has 0 radical (unpaired) electrons. The summed E-state index contributed by atoms with van der Waals surface area (Å²) >= 11 is 0. The van der Waals surface area contributed by atoms with E-state index in [1.165, 1.54) is 14.2 Å². The molecule has 0 fully saturated rings. The minimum atomic E-state index is -0.469. The Hall–Kier alpha value is -3.68. The van der Waals surface area contributed by atoms with Crippen molar-refractivity contribution in [3.05, 3.63) is 69.0 Å². The molecule has 0 aliphatic carbocycles. The molecule has 4 aromatic rings. The highest BCUT2D eigenvalue weighted by Crippen LogP contribution is 2.23. The quantitative estimate of drug-likeness (QED) is 0.492. The summed E-state index contributed by atoms with van der Waals surface area (Å²) in [5, 5.41) is 0.727. The lowest BCUT2D eigenvalue weighted by Crippen LogP contribution is -2.08. The third kappa shape index (κ3) is 3.56. The van der Waals surface area contributed by atoms with E-state index < -0.39 is 11.3 Å². The van der Waals surface area contributed by atoms with Gasteiger partial charge in [-0.15, -0.1) is 0 Å². The van der Waals surface area contributed by atoms with Crippen molar-refractivity contribution in [1.29, 1.82) is 0 Å². The van der Waals surface area contributed by atoms with E-state index in [4.69, 9.17) is 18.3 Å². The van der Waals surface area contributed by atoms with Gasteiger partial charge in [-0.1, -0.05) is 12.1 Å². The maximum atomic E-state index is 12.2. The first-order chi connectivity index (χ1) is 14.1. The first-order valence-electron chi connectivity index (χ1n) is 9.04. The molecule has 4 rings (SSSR count). The number of para-hydroxylation sites is 2. The van der Waals surface area contributed by atoms with Gasteiger partial charge < -0.3 is 18.3 Å². The molecule has 8 heteroatoms. The minimum absolute atomic E-state index is 0.285.